The van der Waals surface area contributed by atoms with Crippen molar-refractivity contribution in [1.29, 1.82) is 0 Å². The average molecular weight is 455 g/mol. The van der Waals surface area contributed by atoms with E-state index in [2.05, 4.69) is 5.32 Å². The third-order valence-corrected chi connectivity index (χ3v) is 7.42. The number of alkyl halides is 3. The number of rotatable bonds is 3. The fourth-order valence-electron chi connectivity index (χ4n) is 3.83. The zero-order valence-electron chi connectivity index (χ0n) is 16.0. The van der Waals surface area contributed by atoms with Gasteiger partial charge in [-0.2, -0.15) is 17.5 Å². The van der Waals surface area contributed by atoms with Gasteiger partial charge in [0.25, 0.3) is 0 Å². The minimum absolute atomic E-state index is 0.0165. The lowest BCUT2D eigenvalue weighted by atomic mass is 9.85. The molecule has 3 rings (SSSR count). The van der Waals surface area contributed by atoms with Crippen molar-refractivity contribution in [3.05, 3.63) is 29.8 Å². The van der Waals surface area contributed by atoms with Crippen LogP contribution in [-0.4, -0.2) is 62.1 Å². The van der Waals surface area contributed by atoms with Crippen molar-refractivity contribution in [3.63, 3.8) is 0 Å². The molecule has 2 aliphatic rings. The number of amides is 2. The van der Waals surface area contributed by atoms with Crippen LogP contribution in [0.15, 0.2) is 23.1 Å². The van der Waals surface area contributed by atoms with Crippen LogP contribution < -0.4 is 5.32 Å². The quantitative estimate of drug-likeness (QED) is 0.713. The minimum Gasteiger partial charge on any atom is -0.335 e. The second-order valence-corrected chi connectivity index (χ2v) is 9.42. The number of sulfonamides is 1. The summed E-state index contributed by atoms with van der Waals surface area (Å²) in [6.07, 6.45) is -3.62. The molecule has 2 fully saturated rings. The molecule has 1 aromatic rings. The van der Waals surface area contributed by atoms with Gasteiger partial charge in [-0.05, 0) is 37.5 Å². The van der Waals surface area contributed by atoms with E-state index in [4.69, 9.17) is 0 Å². The molecule has 1 N–H and O–H groups in total. The van der Waals surface area contributed by atoms with E-state index in [1.165, 1.54) is 4.90 Å². The number of hydrogen-bond acceptors (Lipinski definition) is 3. The lowest BCUT2D eigenvalue weighted by molar-refractivity contribution is -0.183. The van der Waals surface area contributed by atoms with Crippen LogP contribution in [0.25, 0.3) is 0 Å². The normalized spacial score (nSPS) is 24.0. The van der Waals surface area contributed by atoms with Crippen LogP contribution in [0.1, 0.15) is 25.7 Å². The molecule has 2 unspecified atom stereocenters. The van der Waals surface area contributed by atoms with Crippen LogP contribution in [0.2, 0.25) is 0 Å². The van der Waals surface area contributed by atoms with Crippen LogP contribution >= 0.6 is 0 Å². The smallest absolute Gasteiger partial charge is 0.335 e. The Morgan fingerprint density at radius 2 is 1.73 bits per heavy atom. The van der Waals surface area contributed by atoms with Crippen molar-refractivity contribution in [3.8, 4) is 0 Å². The number of urea groups is 1. The number of nitrogens with zero attached hydrogens (tertiary/aromatic N) is 2. The Morgan fingerprint density at radius 3 is 2.37 bits per heavy atom. The minimum atomic E-state index is -4.30. The largest absolute Gasteiger partial charge is 0.391 e. The van der Waals surface area contributed by atoms with Crippen molar-refractivity contribution in [2.75, 3.05) is 26.2 Å². The third kappa shape index (κ3) is 5.02. The molecule has 1 aliphatic carbocycles. The fraction of sp³-hybridized carbons (Fsp3) is 0.611. The van der Waals surface area contributed by atoms with Gasteiger partial charge in [-0.15, -0.1) is 0 Å². The van der Waals surface area contributed by atoms with Crippen molar-refractivity contribution in [2.24, 2.45) is 5.92 Å². The van der Waals surface area contributed by atoms with E-state index in [1.54, 1.807) is 0 Å². The first-order valence-corrected chi connectivity index (χ1v) is 11.0. The molecular weight excluding hydrogens is 433 g/mol. The van der Waals surface area contributed by atoms with Gasteiger partial charge in [0.2, 0.25) is 10.0 Å². The molecule has 2 atom stereocenters. The van der Waals surface area contributed by atoms with Crippen molar-refractivity contribution >= 4 is 16.1 Å². The van der Waals surface area contributed by atoms with E-state index >= 15 is 0 Å². The second-order valence-electron chi connectivity index (χ2n) is 7.52. The molecule has 1 heterocycles. The summed E-state index contributed by atoms with van der Waals surface area (Å²) >= 11 is 0. The SMILES string of the molecule is O=C(NC1CCCC(C(F)(F)F)C1)N1CCN(S(=O)(=O)c2cc(F)ccc2F)CC1. The lowest BCUT2D eigenvalue weighted by Gasteiger charge is -2.36. The highest BCUT2D eigenvalue weighted by molar-refractivity contribution is 7.89. The van der Waals surface area contributed by atoms with Crippen molar-refractivity contribution in [1.82, 2.24) is 14.5 Å². The standard InChI is InChI=1S/C18H22F5N3O3S/c19-13-4-5-15(20)16(11-13)30(28,29)26-8-6-25(7-9-26)17(27)24-14-3-1-2-12(10-14)18(21,22)23/h4-5,11-12,14H,1-3,6-10H2,(H,24,27). The third-order valence-electron chi connectivity index (χ3n) is 5.50. The molecule has 0 spiro atoms. The van der Waals surface area contributed by atoms with Gasteiger partial charge in [-0.25, -0.2) is 22.0 Å². The molecule has 2 amide bonds. The highest BCUT2D eigenvalue weighted by atomic mass is 32.2. The number of nitrogens with one attached hydrogen (secondary N) is 1. The topological polar surface area (TPSA) is 69.7 Å². The predicted molar refractivity (Wildman–Crippen MR) is 97.0 cm³/mol. The molecule has 0 bridgehead atoms. The molecule has 6 nitrogen and oxygen atoms in total. The Hall–Kier alpha value is -1.95. The van der Waals surface area contributed by atoms with Crippen LogP contribution in [0.3, 0.4) is 0 Å². The average Bonchev–Trinajstić information content (AvgIpc) is 2.69. The molecular formula is C18H22F5N3O3S. The zero-order chi connectivity index (χ0) is 22.1. The zero-order valence-corrected chi connectivity index (χ0v) is 16.8. The number of halogens is 5. The molecule has 0 radical (unpaired) electrons. The van der Waals surface area contributed by atoms with E-state index in [9.17, 15) is 35.2 Å². The number of benzene rings is 1. The number of hydrogen-bond donors (Lipinski definition) is 1. The van der Waals surface area contributed by atoms with Crippen molar-refractivity contribution in [2.45, 2.75) is 42.8 Å². The Balaban J connectivity index is 1.57. The van der Waals surface area contributed by atoms with Gasteiger partial charge in [0.15, 0.2) is 0 Å². The first-order valence-electron chi connectivity index (χ1n) is 9.56. The summed E-state index contributed by atoms with van der Waals surface area (Å²) in [7, 11) is -4.28. The summed E-state index contributed by atoms with van der Waals surface area (Å²) in [5.41, 5.74) is 0. The van der Waals surface area contributed by atoms with E-state index in [-0.39, 0.29) is 39.0 Å². The van der Waals surface area contributed by atoms with Gasteiger partial charge in [0, 0.05) is 32.2 Å². The number of piperazine rings is 1. The van der Waals surface area contributed by atoms with Gasteiger partial charge in [-0.3, -0.25) is 0 Å². The molecule has 1 saturated carbocycles. The molecule has 12 heteroatoms. The molecule has 0 aromatic heterocycles. The summed E-state index contributed by atoms with van der Waals surface area (Å²) in [5.74, 6) is -3.41. The van der Waals surface area contributed by atoms with Crippen LogP contribution in [0.5, 0.6) is 0 Å². The van der Waals surface area contributed by atoms with Crippen LogP contribution in [0.4, 0.5) is 26.7 Å². The van der Waals surface area contributed by atoms with Crippen molar-refractivity contribution < 1.29 is 35.2 Å². The summed E-state index contributed by atoms with van der Waals surface area (Å²) in [5, 5.41) is 2.60. The maximum absolute atomic E-state index is 13.9. The number of carbonyl (C=O) groups is 1. The highest BCUT2D eigenvalue weighted by Gasteiger charge is 2.42. The Labute approximate surface area is 171 Å². The maximum Gasteiger partial charge on any atom is 0.391 e. The van der Waals surface area contributed by atoms with E-state index in [1.807, 2.05) is 0 Å². The molecule has 1 aromatic carbocycles. The monoisotopic (exact) mass is 455 g/mol. The molecule has 1 aliphatic heterocycles. The van der Waals surface area contributed by atoms with Gasteiger partial charge >= 0.3 is 12.2 Å². The van der Waals surface area contributed by atoms with Gasteiger partial charge in [0.05, 0.1) is 5.92 Å². The first-order chi connectivity index (χ1) is 14.0. The Morgan fingerprint density at radius 1 is 1.07 bits per heavy atom. The van der Waals surface area contributed by atoms with E-state index in [0.29, 0.717) is 18.9 Å². The predicted octanol–water partition coefficient (Wildman–Crippen LogP) is 3.10. The summed E-state index contributed by atoms with van der Waals surface area (Å²) in [6.45, 7) is -0.308. The Kier molecular flexibility index (Phi) is 6.56. The first kappa shape index (κ1) is 22.7. The summed E-state index contributed by atoms with van der Waals surface area (Å²) in [4.78, 5) is 12.9. The lowest BCUT2D eigenvalue weighted by Crippen LogP contribution is -2.55. The Bertz CT molecular complexity index is 886. The second kappa shape index (κ2) is 8.66. The van der Waals surface area contributed by atoms with E-state index < -0.39 is 50.7 Å². The van der Waals surface area contributed by atoms with Crippen LogP contribution in [-0.2, 0) is 10.0 Å². The molecule has 168 valence electrons. The maximum atomic E-state index is 13.9. The fourth-order valence-corrected chi connectivity index (χ4v) is 5.33. The molecule has 1 saturated heterocycles. The van der Waals surface area contributed by atoms with Gasteiger partial charge in [0.1, 0.15) is 16.5 Å². The number of carbonyl (C=O) groups excluding carboxylic acids is 1. The van der Waals surface area contributed by atoms with E-state index in [0.717, 1.165) is 16.4 Å². The van der Waals surface area contributed by atoms with Gasteiger partial charge < -0.3 is 10.2 Å². The highest BCUT2D eigenvalue weighted by Crippen LogP contribution is 2.37. The molecule has 30 heavy (non-hydrogen) atoms. The van der Waals surface area contributed by atoms with Crippen LogP contribution in [0, 0.1) is 17.6 Å². The summed E-state index contributed by atoms with van der Waals surface area (Å²) in [6, 6.07) is 0.984. The van der Waals surface area contributed by atoms with Gasteiger partial charge in [-0.1, -0.05) is 6.42 Å². The summed E-state index contributed by atoms with van der Waals surface area (Å²) < 4.78 is 92.1.